The minimum absolute atomic E-state index is 0.0132. The highest BCUT2D eigenvalue weighted by molar-refractivity contribution is 8.00. The fourth-order valence-electron chi connectivity index (χ4n) is 12.4. The number of nitrogens with zero attached hydrogens (tertiary/aromatic N) is 1. The number of esters is 4. The first-order valence-electron chi connectivity index (χ1n) is 32.4. The summed E-state index contributed by atoms with van der Waals surface area (Å²) in [5, 5.41) is 7.30. The number of amides is 3. The SMILES string of the molecule is C=C(C)C(=O)OCCNC(=O)OCCSC(C)C(=O)NC1=NC(=Cc2[nH]c(NC(=O)C(C)SCCOC(=O)C(C)(C)CC)c(C(=O)OC3C(C(C)(C)C)CC(C)CC3C(C)(C)C)c2C(C)C)C(C(C)C)=C1C(=O)OC1C(C(C)(C)C)CC(C)CC1C(C)(C)C. The number of hydrogen-bond acceptors (Lipinski definition) is 15. The van der Waals surface area contributed by atoms with Crippen LogP contribution in [0.15, 0.2) is 34.0 Å². The number of rotatable bonds is 24. The summed E-state index contributed by atoms with van der Waals surface area (Å²) in [5.41, 5.74) is 0.940. The second-order valence-electron chi connectivity index (χ2n) is 30.9. The zero-order chi connectivity index (χ0) is 67.6. The first-order chi connectivity index (χ1) is 40.9. The van der Waals surface area contributed by atoms with Gasteiger partial charge >= 0.3 is 30.0 Å². The van der Waals surface area contributed by atoms with E-state index in [0.29, 0.717) is 46.5 Å². The van der Waals surface area contributed by atoms with Gasteiger partial charge in [-0.25, -0.2) is 24.2 Å². The molecular weight excluding hydrogens is 1170 g/mol. The van der Waals surface area contributed by atoms with Crippen LogP contribution in [0.25, 0.3) is 6.08 Å². The third-order valence-corrected chi connectivity index (χ3v) is 20.3. The van der Waals surface area contributed by atoms with Gasteiger partial charge in [-0.05, 0) is 129 Å². The normalized spacial score (nSPS) is 23.1. The molecule has 89 heavy (non-hydrogen) atoms. The van der Waals surface area contributed by atoms with Crippen molar-refractivity contribution in [3.63, 3.8) is 0 Å². The van der Waals surface area contributed by atoms with Crippen LogP contribution in [0.3, 0.4) is 0 Å². The maximum atomic E-state index is 15.6. The molecule has 2 saturated carbocycles. The molecule has 4 N–H and O–H groups in total. The predicted molar refractivity (Wildman–Crippen MR) is 361 cm³/mol. The quantitative estimate of drug-likeness (QED) is 0.0327. The van der Waals surface area contributed by atoms with E-state index in [0.717, 1.165) is 25.7 Å². The van der Waals surface area contributed by atoms with Crippen molar-refractivity contribution in [1.29, 1.82) is 0 Å². The van der Waals surface area contributed by atoms with E-state index in [1.54, 1.807) is 19.9 Å². The van der Waals surface area contributed by atoms with E-state index < -0.39 is 58.0 Å². The van der Waals surface area contributed by atoms with Crippen molar-refractivity contribution in [2.24, 2.45) is 73.5 Å². The lowest BCUT2D eigenvalue weighted by Crippen LogP contribution is -2.50. The molecule has 0 bridgehead atoms. The first-order valence-corrected chi connectivity index (χ1v) is 34.5. The summed E-state index contributed by atoms with van der Waals surface area (Å²) in [6.45, 7) is 53.0. The van der Waals surface area contributed by atoms with Gasteiger partial charge in [0.25, 0.3) is 0 Å². The standard InChI is InChI=1S/C70H113N5O12S2/c1-26-70(24,25)64(81)84-29-31-88-43(10)59(76)74-57-53(62(79)86-55-45(66(12,13)14)33-41(8)34-46(55)67(15,16)17)51(38(2)3)49(72-57)37-50-52(39(4)5)54(63(80)87-56-47(68(18,19)20)35-42(9)36-48(56)69(21,22)23)58(73-50)75-60(77)44(11)89-32-30-85-65(82)71-27-28-83-61(78)40(6)7/h37-39,41-48,55-56,72H,6,26-36H2,1-5,7-25H3,(H,71,82)(H,74,76)(H,73,75,77). The highest BCUT2D eigenvalue weighted by Gasteiger charge is 2.51. The van der Waals surface area contributed by atoms with Gasteiger partial charge in [-0.2, -0.15) is 0 Å². The molecule has 502 valence electrons. The van der Waals surface area contributed by atoms with E-state index in [9.17, 15) is 24.0 Å². The lowest BCUT2D eigenvalue weighted by atomic mass is 9.59. The minimum atomic E-state index is -0.711. The molecule has 17 nitrogen and oxygen atoms in total. The highest BCUT2D eigenvalue weighted by atomic mass is 32.2. The van der Waals surface area contributed by atoms with E-state index >= 15 is 9.59 Å². The fraction of sp³-hybridized carbons (Fsp3) is 0.743. The zero-order valence-electron chi connectivity index (χ0n) is 58.7. The maximum Gasteiger partial charge on any atom is 0.407 e. The highest BCUT2D eigenvalue weighted by Crippen LogP contribution is 2.52. The van der Waals surface area contributed by atoms with Crippen molar-refractivity contribution < 1.29 is 57.2 Å². The smallest absolute Gasteiger partial charge is 0.407 e. The number of aliphatic imine (C=N–C) groups is 1. The Morgan fingerprint density at radius 3 is 1.52 bits per heavy atom. The van der Waals surface area contributed by atoms with Gasteiger partial charge in [0.15, 0.2) is 0 Å². The zero-order valence-corrected chi connectivity index (χ0v) is 60.3. The van der Waals surface area contributed by atoms with E-state index in [1.165, 1.54) is 30.4 Å². The Morgan fingerprint density at radius 1 is 0.640 bits per heavy atom. The average Bonchev–Trinajstić information content (AvgIpc) is 1.76. The summed E-state index contributed by atoms with van der Waals surface area (Å²) in [5.74, 6) is -1.92. The number of ether oxygens (including phenoxy) is 5. The van der Waals surface area contributed by atoms with Gasteiger partial charge in [0, 0.05) is 46.4 Å². The van der Waals surface area contributed by atoms with Crippen molar-refractivity contribution in [2.45, 2.75) is 227 Å². The van der Waals surface area contributed by atoms with E-state index in [4.69, 9.17) is 28.7 Å². The van der Waals surface area contributed by atoms with Gasteiger partial charge in [-0.3, -0.25) is 14.4 Å². The summed E-state index contributed by atoms with van der Waals surface area (Å²) in [6, 6.07) is 0. The number of aromatic amines is 1. The molecule has 2 aliphatic carbocycles. The number of carbonyl (C=O) groups excluding carboxylic acids is 7. The van der Waals surface area contributed by atoms with Gasteiger partial charge in [-0.1, -0.05) is 138 Å². The molecule has 0 spiro atoms. The van der Waals surface area contributed by atoms with Crippen molar-refractivity contribution in [3.05, 3.63) is 45.8 Å². The summed E-state index contributed by atoms with van der Waals surface area (Å²) in [7, 11) is 0. The Morgan fingerprint density at radius 2 is 1.09 bits per heavy atom. The molecule has 0 aromatic carbocycles. The molecule has 6 unspecified atom stereocenters. The molecule has 1 aromatic heterocycles. The van der Waals surface area contributed by atoms with Crippen LogP contribution < -0.4 is 16.0 Å². The van der Waals surface area contributed by atoms with Gasteiger partial charge in [0.05, 0.1) is 28.2 Å². The number of alkyl carbamates (subject to hydrolysis) is 1. The summed E-state index contributed by atoms with van der Waals surface area (Å²) >= 11 is 2.56. The monoisotopic (exact) mass is 1280 g/mol. The van der Waals surface area contributed by atoms with Crippen LogP contribution in [0.2, 0.25) is 0 Å². The van der Waals surface area contributed by atoms with Gasteiger partial charge < -0.3 is 44.6 Å². The number of thioether (sulfide) groups is 2. The number of H-pyrrole nitrogens is 1. The molecule has 19 heteroatoms. The maximum absolute atomic E-state index is 15.6. The molecule has 2 fully saturated rings. The Labute approximate surface area is 542 Å². The Hall–Kier alpha value is -5.04. The number of anilines is 1. The summed E-state index contributed by atoms with van der Waals surface area (Å²) in [4.78, 5) is 106. The van der Waals surface area contributed by atoms with Crippen LogP contribution in [-0.2, 0) is 47.7 Å². The van der Waals surface area contributed by atoms with Crippen molar-refractivity contribution >= 4 is 83.0 Å². The van der Waals surface area contributed by atoms with Gasteiger partial charge in [-0.15, -0.1) is 23.5 Å². The van der Waals surface area contributed by atoms with Crippen LogP contribution in [0, 0.1) is 68.5 Å². The second-order valence-corrected chi connectivity index (χ2v) is 33.8. The molecule has 4 rings (SSSR count). The predicted octanol–water partition coefficient (Wildman–Crippen LogP) is 14.9. The van der Waals surface area contributed by atoms with Crippen LogP contribution in [0.5, 0.6) is 0 Å². The number of carbonyl (C=O) groups is 7. The topological polar surface area (TPSA) is 230 Å². The van der Waals surface area contributed by atoms with Crippen LogP contribution in [-0.4, -0.2) is 113 Å². The van der Waals surface area contributed by atoms with Crippen molar-refractivity contribution in [2.75, 3.05) is 43.2 Å². The van der Waals surface area contributed by atoms with Crippen LogP contribution in [0.4, 0.5) is 10.6 Å². The molecule has 1 aliphatic heterocycles. The molecule has 3 aliphatic rings. The second kappa shape index (κ2) is 31.5. The third-order valence-electron chi connectivity index (χ3n) is 18.1. The number of allylic oxidation sites excluding steroid dienone is 1. The van der Waals surface area contributed by atoms with Crippen molar-refractivity contribution in [1.82, 2.24) is 15.6 Å². The van der Waals surface area contributed by atoms with E-state index in [2.05, 4.69) is 124 Å². The summed E-state index contributed by atoms with van der Waals surface area (Å²) < 4.78 is 29.8. The van der Waals surface area contributed by atoms with E-state index in [1.807, 2.05) is 48.5 Å². The molecule has 1 aromatic rings. The van der Waals surface area contributed by atoms with E-state index in [-0.39, 0.29) is 130 Å². The van der Waals surface area contributed by atoms with Gasteiger partial charge in [0.1, 0.15) is 54.8 Å². The molecule has 2 heterocycles. The Kier molecular flexibility index (Phi) is 27.1. The minimum Gasteiger partial charge on any atom is -0.464 e. The Balaban J connectivity index is 1.91. The number of hydrogen-bond donors (Lipinski definition) is 4. The number of amidine groups is 1. The Bertz CT molecular complexity index is 2750. The molecular formula is C70H113N5O12S2. The van der Waals surface area contributed by atoms with Crippen molar-refractivity contribution in [3.8, 4) is 0 Å². The third kappa shape index (κ3) is 21.0. The van der Waals surface area contributed by atoms with Gasteiger partial charge in [0.2, 0.25) is 11.8 Å². The summed E-state index contributed by atoms with van der Waals surface area (Å²) in [6.07, 6.45) is 4.27. The largest absolute Gasteiger partial charge is 0.464 e. The van der Waals surface area contributed by atoms with Crippen LogP contribution in [0.1, 0.15) is 226 Å². The average molecular weight is 1280 g/mol. The first kappa shape index (κ1) is 76.4. The number of nitrogens with one attached hydrogen (secondary N) is 4. The molecule has 3 amide bonds. The lowest BCUT2D eigenvalue weighted by Gasteiger charge is -2.50. The molecule has 6 atom stereocenters. The lowest BCUT2D eigenvalue weighted by molar-refractivity contribution is -0.164. The molecule has 0 radical (unpaired) electrons. The number of aromatic nitrogens is 1. The fourth-order valence-corrected chi connectivity index (χ4v) is 13.9. The van der Waals surface area contributed by atoms with Crippen LogP contribution >= 0.6 is 23.5 Å². The molecule has 0 saturated heterocycles.